The molecule has 0 saturated heterocycles. The molecule has 184 valence electrons. The van der Waals surface area contributed by atoms with Crippen LogP contribution in [0.4, 0.5) is 21.5 Å². The van der Waals surface area contributed by atoms with Gasteiger partial charge in [-0.3, -0.25) is 14.4 Å². The maximum absolute atomic E-state index is 13.5. The quantitative estimate of drug-likeness (QED) is 0.228. The number of imide groups is 1. The molecule has 0 bridgehead atoms. The van der Waals surface area contributed by atoms with Crippen molar-refractivity contribution in [2.24, 2.45) is 0 Å². The van der Waals surface area contributed by atoms with Crippen LogP contribution >= 0.6 is 39.0 Å². The minimum Gasteiger partial charge on any atom is -0.350 e. The van der Waals surface area contributed by atoms with E-state index < -0.39 is 17.6 Å². The first-order valence-corrected chi connectivity index (χ1v) is 13.4. The predicted molar refractivity (Wildman–Crippen MR) is 148 cm³/mol. The summed E-state index contributed by atoms with van der Waals surface area (Å²) in [5.74, 6) is -1.73. The lowest BCUT2D eigenvalue weighted by molar-refractivity contribution is -0.120. The molecule has 6 nitrogen and oxygen atoms in total. The number of thiophene rings is 1. The van der Waals surface area contributed by atoms with Gasteiger partial charge in [-0.2, -0.15) is 0 Å². The summed E-state index contributed by atoms with van der Waals surface area (Å²) in [6, 6.07) is 22.9. The van der Waals surface area contributed by atoms with Gasteiger partial charge in [0.05, 0.1) is 10.6 Å². The third-order valence-corrected chi connectivity index (χ3v) is 7.80. The van der Waals surface area contributed by atoms with Crippen molar-refractivity contribution in [3.05, 3.63) is 116 Å². The number of nitrogens with one attached hydrogen (secondary N) is 2. The first-order chi connectivity index (χ1) is 17.9. The molecule has 0 atom stereocenters. The monoisotopic (exact) mass is 593 g/mol. The Balaban J connectivity index is 1.42. The third kappa shape index (κ3) is 5.51. The summed E-state index contributed by atoms with van der Waals surface area (Å²) in [6.45, 7) is 0. The predicted octanol–water partition coefficient (Wildman–Crippen LogP) is 6.89. The minimum atomic E-state index is -0.540. The number of carbonyl (C=O) groups excluding carboxylic acids is 3. The van der Waals surface area contributed by atoms with E-state index in [4.69, 9.17) is 0 Å². The van der Waals surface area contributed by atoms with Crippen molar-refractivity contribution in [1.29, 1.82) is 0 Å². The van der Waals surface area contributed by atoms with E-state index >= 15 is 0 Å². The average molecular weight is 594 g/mol. The second-order valence-electron chi connectivity index (χ2n) is 7.82. The highest BCUT2D eigenvalue weighted by Crippen LogP contribution is 2.38. The molecule has 0 aliphatic carbocycles. The van der Waals surface area contributed by atoms with Gasteiger partial charge in [-0.1, -0.05) is 33.8 Å². The Bertz CT molecular complexity index is 1500. The van der Waals surface area contributed by atoms with Crippen LogP contribution in [0.25, 0.3) is 0 Å². The van der Waals surface area contributed by atoms with Gasteiger partial charge < -0.3 is 10.6 Å². The van der Waals surface area contributed by atoms with E-state index in [9.17, 15) is 18.8 Å². The molecule has 2 N–H and O–H groups in total. The van der Waals surface area contributed by atoms with Crippen LogP contribution in [0.1, 0.15) is 9.67 Å². The van der Waals surface area contributed by atoms with Gasteiger partial charge in [0.2, 0.25) is 0 Å². The number of carbonyl (C=O) groups is 3. The van der Waals surface area contributed by atoms with E-state index in [0.29, 0.717) is 21.1 Å². The number of nitrogens with zero attached hydrogens (tertiary/aromatic N) is 1. The van der Waals surface area contributed by atoms with Crippen molar-refractivity contribution in [3.63, 3.8) is 0 Å². The van der Waals surface area contributed by atoms with E-state index in [1.54, 1.807) is 42.5 Å². The standard InChI is InChI=1S/C27H17BrFN3O3S2/c28-16-3-7-18(8-4-16)30-23-24(27(35)32(26(23)34)20-11-5-17(29)6-12-20)37-21-13-9-19(10-14-21)31-25(33)22-2-1-15-36-22/h1-15,30H,(H,31,33). The summed E-state index contributed by atoms with van der Waals surface area (Å²) in [5.41, 5.74) is 1.63. The van der Waals surface area contributed by atoms with Crippen LogP contribution in [0.15, 0.2) is 110 Å². The summed E-state index contributed by atoms with van der Waals surface area (Å²) in [7, 11) is 0. The molecule has 3 aromatic carbocycles. The molecule has 0 saturated carbocycles. The van der Waals surface area contributed by atoms with Crippen LogP contribution < -0.4 is 15.5 Å². The highest BCUT2D eigenvalue weighted by atomic mass is 79.9. The van der Waals surface area contributed by atoms with E-state index in [1.807, 2.05) is 23.6 Å². The molecule has 1 aliphatic heterocycles. The Kier molecular flexibility index (Phi) is 7.22. The number of hydrogen-bond acceptors (Lipinski definition) is 6. The van der Waals surface area contributed by atoms with E-state index in [0.717, 1.165) is 21.1 Å². The summed E-state index contributed by atoms with van der Waals surface area (Å²) in [6.07, 6.45) is 0. The number of thioether (sulfide) groups is 1. The van der Waals surface area contributed by atoms with Crippen molar-refractivity contribution >= 4 is 73.8 Å². The van der Waals surface area contributed by atoms with Crippen LogP contribution in [-0.4, -0.2) is 17.7 Å². The van der Waals surface area contributed by atoms with Crippen molar-refractivity contribution in [3.8, 4) is 0 Å². The van der Waals surface area contributed by atoms with Gasteiger partial charge in [0.1, 0.15) is 16.4 Å². The van der Waals surface area contributed by atoms with Gasteiger partial charge in [-0.15, -0.1) is 11.3 Å². The molecule has 2 heterocycles. The second kappa shape index (κ2) is 10.7. The van der Waals surface area contributed by atoms with Crippen molar-refractivity contribution in [2.75, 3.05) is 15.5 Å². The fraction of sp³-hybridized carbons (Fsp3) is 0. The molecule has 1 aromatic heterocycles. The number of halogens is 2. The van der Waals surface area contributed by atoms with E-state index in [2.05, 4.69) is 26.6 Å². The molecule has 0 spiro atoms. The largest absolute Gasteiger partial charge is 0.350 e. The zero-order chi connectivity index (χ0) is 25.9. The van der Waals surface area contributed by atoms with E-state index in [1.165, 1.54) is 35.6 Å². The van der Waals surface area contributed by atoms with Crippen molar-refractivity contribution < 1.29 is 18.8 Å². The number of hydrogen-bond donors (Lipinski definition) is 2. The van der Waals surface area contributed by atoms with Crippen LogP contribution in [0.3, 0.4) is 0 Å². The van der Waals surface area contributed by atoms with E-state index in [-0.39, 0.29) is 22.2 Å². The molecule has 37 heavy (non-hydrogen) atoms. The Hall–Kier alpha value is -3.73. The number of rotatable bonds is 7. The normalized spacial score (nSPS) is 13.3. The lowest BCUT2D eigenvalue weighted by Crippen LogP contribution is -2.32. The zero-order valence-electron chi connectivity index (χ0n) is 18.9. The van der Waals surface area contributed by atoms with Crippen LogP contribution in [0.2, 0.25) is 0 Å². The van der Waals surface area contributed by atoms with Gasteiger partial charge in [0.15, 0.2) is 0 Å². The molecule has 0 radical (unpaired) electrons. The first kappa shape index (κ1) is 24.9. The third-order valence-electron chi connectivity index (χ3n) is 5.32. The molecule has 1 aliphatic rings. The fourth-order valence-corrected chi connectivity index (χ4v) is 5.35. The summed E-state index contributed by atoms with van der Waals surface area (Å²) in [5, 5.41) is 7.74. The van der Waals surface area contributed by atoms with Crippen LogP contribution in [0, 0.1) is 5.82 Å². The second-order valence-corrected chi connectivity index (χ2v) is 10.8. The SMILES string of the molecule is O=C(Nc1ccc(SC2=C(Nc3ccc(Br)cc3)C(=O)N(c3ccc(F)cc3)C2=O)cc1)c1cccs1. The number of anilines is 3. The molecular formula is C27H17BrFN3O3S2. The maximum atomic E-state index is 13.5. The average Bonchev–Trinajstić information content (AvgIpc) is 3.51. The maximum Gasteiger partial charge on any atom is 0.283 e. The molecule has 0 unspecified atom stereocenters. The Morgan fingerprint density at radius 3 is 2.19 bits per heavy atom. The van der Waals surface area contributed by atoms with Crippen molar-refractivity contribution in [1.82, 2.24) is 0 Å². The lowest BCUT2D eigenvalue weighted by Gasteiger charge is -2.15. The number of benzene rings is 3. The van der Waals surface area contributed by atoms with Crippen molar-refractivity contribution in [2.45, 2.75) is 4.90 Å². The number of amides is 3. The molecular weight excluding hydrogens is 577 g/mol. The lowest BCUT2D eigenvalue weighted by atomic mass is 10.3. The zero-order valence-corrected chi connectivity index (χ0v) is 22.1. The molecule has 3 amide bonds. The summed E-state index contributed by atoms with van der Waals surface area (Å²) < 4.78 is 14.3. The van der Waals surface area contributed by atoms with Gasteiger partial charge in [0.25, 0.3) is 17.7 Å². The molecule has 0 fully saturated rings. The highest BCUT2D eigenvalue weighted by molar-refractivity contribution is 9.10. The fourth-order valence-electron chi connectivity index (χ4n) is 3.54. The van der Waals surface area contributed by atoms with Gasteiger partial charge >= 0.3 is 0 Å². The molecule has 10 heteroatoms. The minimum absolute atomic E-state index is 0.122. The van der Waals surface area contributed by atoms with Gasteiger partial charge in [0, 0.05) is 20.7 Å². The van der Waals surface area contributed by atoms with Crippen LogP contribution in [-0.2, 0) is 9.59 Å². The Morgan fingerprint density at radius 1 is 0.865 bits per heavy atom. The van der Waals surface area contributed by atoms with Gasteiger partial charge in [-0.25, -0.2) is 9.29 Å². The molecule has 4 aromatic rings. The Labute approximate surface area is 228 Å². The van der Waals surface area contributed by atoms with Crippen LogP contribution in [0.5, 0.6) is 0 Å². The smallest absolute Gasteiger partial charge is 0.283 e. The van der Waals surface area contributed by atoms with Gasteiger partial charge in [-0.05, 0) is 84.2 Å². The summed E-state index contributed by atoms with van der Waals surface area (Å²) >= 11 is 5.86. The first-order valence-electron chi connectivity index (χ1n) is 10.9. The summed E-state index contributed by atoms with van der Waals surface area (Å²) in [4.78, 5) is 41.7. The highest BCUT2D eigenvalue weighted by Gasteiger charge is 2.40. The Morgan fingerprint density at radius 2 is 1.54 bits per heavy atom. The molecule has 5 rings (SSSR count). The topological polar surface area (TPSA) is 78.5 Å².